The van der Waals surface area contributed by atoms with Gasteiger partial charge in [-0.15, -0.1) is 0 Å². The standard InChI is InChI=1S/C22H24N4O2/c1-3-26(4-2)21-13-20(24-22(25-21)17-8-6-5-7-9-17)23-14-16-10-11-18-19(12-16)28-15-27-18/h5-13H,3-4,14-15H2,1-2H3,(H,23,24,25). The smallest absolute Gasteiger partial charge is 0.231 e. The molecule has 0 bridgehead atoms. The van der Waals surface area contributed by atoms with Crippen molar-refractivity contribution in [1.29, 1.82) is 0 Å². The van der Waals surface area contributed by atoms with Gasteiger partial charge >= 0.3 is 0 Å². The molecule has 2 heterocycles. The monoisotopic (exact) mass is 376 g/mol. The Morgan fingerprint density at radius 1 is 0.929 bits per heavy atom. The summed E-state index contributed by atoms with van der Waals surface area (Å²) in [5.74, 6) is 4.02. The van der Waals surface area contributed by atoms with Crippen LogP contribution in [-0.2, 0) is 6.54 Å². The number of aromatic nitrogens is 2. The molecule has 2 aromatic carbocycles. The normalized spacial score (nSPS) is 12.1. The molecule has 144 valence electrons. The zero-order valence-electron chi connectivity index (χ0n) is 16.2. The van der Waals surface area contributed by atoms with Crippen LogP contribution < -0.4 is 19.7 Å². The number of hydrogen-bond acceptors (Lipinski definition) is 6. The lowest BCUT2D eigenvalue weighted by molar-refractivity contribution is 0.174. The molecule has 6 heteroatoms. The third kappa shape index (κ3) is 3.86. The van der Waals surface area contributed by atoms with E-state index in [-0.39, 0.29) is 6.79 Å². The van der Waals surface area contributed by atoms with Gasteiger partial charge in [0, 0.05) is 31.3 Å². The van der Waals surface area contributed by atoms with Crippen LogP contribution in [0, 0.1) is 0 Å². The number of nitrogens with zero attached hydrogens (tertiary/aromatic N) is 3. The molecule has 1 aliphatic rings. The molecular formula is C22H24N4O2. The van der Waals surface area contributed by atoms with E-state index in [1.54, 1.807) is 0 Å². The molecule has 1 aromatic heterocycles. The zero-order chi connectivity index (χ0) is 19.3. The van der Waals surface area contributed by atoms with Crippen LogP contribution in [0.2, 0.25) is 0 Å². The van der Waals surface area contributed by atoms with Crippen LogP contribution in [0.5, 0.6) is 11.5 Å². The second-order valence-corrected chi connectivity index (χ2v) is 6.51. The first-order valence-corrected chi connectivity index (χ1v) is 9.58. The Bertz CT molecular complexity index is 943. The molecule has 1 N–H and O–H groups in total. The number of nitrogens with one attached hydrogen (secondary N) is 1. The molecule has 0 saturated heterocycles. The molecule has 0 radical (unpaired) electrons. The molecule has 6 nitrogen and oxygen atoms in total. The van der Waals surface area contributed by atoms with E-state index in [1.165, 1.54) is 0 Å². The minimum Gasteiger partial charge on any atom is -0.454 e. The molecule has 0 fully saturated rings. The van der Waals surface area contributed by atoms with Gasteiger partial charge < -0.3 is 19.7 Å². The van der Waals surface area contributed by atoms with E-state index in [4.69, 9.17) is 19.4 Å². The quantitative estimate of drug-likeness (QED) is 0.662. The number of rotatable bonds is 7. The summed E-state index contributed by atoms with van der Waals surface area (Å²) in [5, 5.41) is 3.43. The fraction of sp³-hybridized carbons (Fsp3) is 0.273. The fourth-order valence-electron chi connectivity index (χ4n) is 3.19. The highest BCUT2D eigenvalue weighted by Crippen LogP contribution is 2.32. The van der Waals surface area contributed by atoms with Crippen molar-refractivity contribution < 1.29 is 9.47 Å². The van der Waals surface area contributed by atoms with Crippen molar-refractivity contribution in [3.63, 3.8) is 0 Å². The van der Waals surface area contributed by atoms with Crippen LogP contribution in [0.1, 0.15) is 19.4 Å². The van der Waals surface area contributed by atoms with E-state index in [0.29, 0.717) is 6.54 Å². The first-order chi connectivity index (χ1) is 13.8. The Morgan fingerprint density at radius 2 is 1.71 bits per heavy atom. The maximum Gasteiger partial charge on any atom is 0.231 e. The maximum atomic E-state index is 5.47. The van der Waals surface area contributed by atoms with Crippen molar-refractivity contribution in [2.24, 2.45) is 0 Å². The minimum absolute atomic E-state index is 0.284. The van der Waals surface area contributed by atoms with Crippen molar-refractivity contribution in [3.8, 4) is 22.9 Å². The van der Waals surface area contributed by atoms with E-state index in [0.717, 1.165) is 53.2 Å². The fourth-order valence-corrected chi connectivity index (χ4v) is 3.19. The first kappa shape index (κ1) is 18.1. The van der Waals surface area contributed by atoms with Gasteiger partial charge in [0.15, 0.2) is 17.3 Å². The van der Waals surface area contributed by atoms with Gasteiger partial charge in [0.25, 0.3) is 0 Å². The largest absolute Gasteiger partial charge is 0.454 e. The van der Waals surface area contributed by atoms with Crippen LogP contribution >= 0.6 is 0 Å². The van der Waals surface area contributed by atoms with Gasteiger partial charge in [-0.05, 0) is 31.5 Å². The maximum absolute atomic E-state index is 5.47. The summed E-state index contributed by atoms with van der Waals surface area (Å²) in [6, 6.07) is 18.0. The second-order valence-electron chi connectivity index (χ2n) is 6.51. The molecule has 28 heavy (non-hydrogen) atoms. The Balaban J connectivity index is 1.61. The third-order valence-corrected chi connectivity index (χ3v) is 4.74. The molecule has 0 saturated carbocycles. The number of anilines is 2. The third-order valence-electron chi connectivity index (χ3n) is 4.74. The molecule has 0 spiro atoms. The van der Waals surface area contributed by atoms with Gasteiger partial charge in [0.1, 0.15) is 11.6 Å². The number of hydrogen-bond donors (Lipinski definition) is 1. The summed E-state index contributed by atoms with van der Waals surface area (Å²) in [4.78, 5) is 11.7. The van der Waals surface area contributed by atoms with Crippen LogP contribution in [0.4, 0.5) is 11.6 Å². The average Bonchev–Trinajstić information content (AvgIpc) is 3.22. The van der Waals surface area contributed by atoms with Crippen LogP contribution in [0.15, 0.2) is 54.6 Å². The zero-order valence-corrected chi connectivity index (χ0v) is 16.2. The van der Waals surface area contributed by atoms with E-state index in [1.807, 2.05) is 54.6 Å². The van der Waals surface area contributed by atoms with Crippen molar-refractivity contribution in [1.82, 2.24) is 9.97 Å². The lowest BCUT2D eigenvalue weighted by Gasteiger charge is -2.21. The SMILES string of the molecule is CCN(CC)c1cc(NCc2ccc3c(c2)OCO3)nc(-c2ccccc2)n1. The molecule has 4 rings (SSSR count). The average molecular weight is 376 g/mol. The van der Waals surface area contributed by atoms with Gasteiger partial charge in [-0.25, -0.2) is 9.97 Å². The number of fused-ring (bicyclic) bond motifs is 1. The highest BCUT2D eigenvalue weighted by molar-refractivity contribution is 5.62. The van der Waals surface area contributed by atoms with Gasteiger partial charge in [0.05, 0.1) is 0 Å². The van der Waals surface area contributed by atoms with Gasteiger partial charge in [-0.1, -0.05) is 36.4 Å². The van der Waals surface area contributed by atoms with Crippen molar-refractivity contribution in [3.05, 3.63) is 60.2 Å². The minimum atomic E-state index is 0.284. The first-order valence-electron chi connectivity index (χ1n) is 9.58. The van der Waals surface area contributed by atoms with E-state index in [9.17, 15) is 0 Å². The lowest BCUT2D eigenvalue weighted by Crippen LogP contribution is -2.23. The summed E-state index contributed by atoms with van der Waals surface area (Å²) >= 11 is 0. The lowest BCUT2D eigenvalue weighted by atomic mass is 10.2. The predicted molar refractivity (Wildman–Crippen MR) is 111 cm³/mol. The van der Waals surface area contributed by atoms with Crippen LogP contribution in [0.3, 0.4) is 0 Å². The topological polar surface area (TPSA) is 59.5 Å². The second kappa shape index (κ2) is 8.17. The number of benzene rings is 2. The molecule has 0 unspecified atom stereocenters. The predicted octanol–water partition coefficient (Wildman–Crippen LogP) is 4.33. The molecule has 0 amide bonds. The van der Waals surface area contributed by atoms with Gasteiger partial charge in [-0.2, -0.15) is 0 Å². The molecule has 0 aliphatic carbocycles. The molecular weight excluding hydrogens is 352 g/mol. The Kier molecular flexibility index (Phi) is 5.28. The van der Waals surface area contributed by atoms with E-state index in [2.05, 4.69) is 24.1 Å². The van der Waals surface area contributed by atoms with Gasteiger partial charge in [-0.3, -0.25) is 0 Å². The highest BCUT2D eigenvalue weighted by Gasteiger charge is 2.14. The summed E-state index contributed by atoms with van der Waals surface area (Å²) in [7, 11) is 0. The summed E-state index contributed by atoms with van der Waals surface area (Å²) in [6.45, 7) is 6.97. The van der Waals surface area contributed by atoms with Crippen molar-refractivity contribution in [2.45, 2.75) is 20.4 Å². The van der Waals surface area contributed by atoms with Crippen LogP contribution in [-0.4, -0.2) is 29.9 Å². The van der Waals surface area contributed by atoms with E-state index < -0.39 is 0 Å². The van der Waals surface area contributed by atoms with Crippen molar-refractivity contribution in [2.75, 3.05) is 30.1 Å². The molecule has 3 aromatic rings. The Labute approximate surface area is 165 Å². The summed E-state index contributed by atoms with van der Waals surface area (Å²) < 4.78 is 10.8. The molecule has 1 aliphatic heterocycles. The molecule has 0 atom stereocenters. The summed E-state index contributed by atoms with van der Waals surface area (Å²) in [5.41, 5.74) is 2.11. The Hall–Kier alpha value is -3.28. The number of ether oxygens (including phenoxy) is 2. The van der Waals surface area contributed by atoms with Crippen LogP contribution in [0.25, 0.3) is 11.4 Å². The Morgan fingerprint density at radius 3 is 2.50 bits per heavy atom. The highest BCUT2D eigenvalue weighted by atomic mass is 16.7. The van der Waals surface area contributed by atoms with Crippen molar-refractivity contribution >= 4 is 11.6 Å². The van der Waals surface area contributed by atoms with E-state index >= 15 is 0 Å². The summed E-state index contributed by atoms with van der Waals surface area (Å²) in [6.07, 6.45) is 0. The van der Waals surface area contributed by atoms with Gasteiger partial charge in [0.2, 0.25) is 6.79 Å².